The molecule has 0 unspecified atom stereocenters. The molecular weight excluding hydrogens is 169 g/mol. The van der Waals surface area contributed by atoms with Crippen molar-refractivity contribution in [1.29, 1.82) is 0 Å². The van der Waals surface area contributed by atoms with Crippen LogP contribution in [0.2, 0.25) is 0 Å². The van der Waals surface area contributed by atoms with Crippen molar-refractivity contribution < 1.29 is 19.8 Å². The standard InChI is InChI=1S/C3H3O4.3Na.3H/c4-2(5)1-3(6)7;;;;;;/h1H,(H,4,5)(H,6,7);;;;;;. The van der Waals surface area contributed by atoms with Gasteiger partial charge in [0.05, 0.1) is 0 Å². The number of carboxylic acid groups (broad SMARTS) is 2. The van der Waals surface area contributed by atoms with Gasteiger partial charge in [0, 0.05) is 0 Å². The van der Waals surface area contributed by atoms with Crippen molar-refractivity contribution in [1.82, 2.24) is 0 Å². The van der Waals surface area contributed by atoms with E-state index in [4.69, 9.17) is 10.2 Å². The Balaban J connectivity index is -0.0000000600. The van der Waals surface area contributed by atoms with E-state index in [0.29, 0.717) is 0 Å². The molecule has 2 N–H and O–H groups in total. The first kappa shape index (κ1) is 22.7. The van der Waals surface area contributed by atoms with E-state index >= 15 is 0 Å². The third kappa shape index (κ3) is 22.5. The third-order valence-corrected chi connectivity index (χ3v) is 0.247. The Morgan fingerprint density at radius 2 is 1.10 bits per heavy atom. The molecule has 0 fully saturated rings. The molecule has 0 aromatic heterocycles. The number of aliphatic carboxylic acids is 2. The zero-order valence-electron chi connectivity index (χ0n) is 3.29. The Hall–Kier alpha value is 1.94. The van der Waals surface area contributed by atoms with Crippen molar-refractivity contribution in [3.63, 3.8) is 0 Å². The molecule has 7 heteroatoms. The van der Waals surface area contributed by atoms with Gasteiger partial charge in [-0.15, -0.1) is 0 Å². The number of rotatable bonds is 2. The molecule has 10 heavy (non-hydrogen) atoms. The summed E-state index contributed by atoms with van der Waals surface area (Å²) in [5.41, 5.74) is 0. The van der Waals surface area contributed by atoms with E-state index < -0.39 is 11.9 Å². The van der Waals surface area contributed by atoms with Gasteiger partial charge in [-0.05, 0) is 0 Å². The van der Waals surface area contributed by atoms with Crippen LogP contribution in [0.15, 0.2) is 0 Å². The SMILES string of the molecule is O=C(O)[CH]C(=O)O.[NaH].[NaH].[NaH]. The molecule has 0 aliphatic rings. The molecule has 0 aromatic rings. The van der Waals surface area contributed by atoms with E-state index in [9.17, 15) is 9.59 Å². The molecule has 0 aliphatic heterocycles. The summed E-state index contributed by atoms with van der Waals surface area (Å²) in [6, 6.07) is 0. The number of hydrogen-bond acceptors (Lipinski definition) is 2. The summed E-state index contributed by atoms with van der Waals surface area (Å²) < 4.78 is 0. The third-order valence-electron chi connectivity index (χ3n) is 0.247. The fourth-order valence-electron chi connectivity index (χ4n) is 0.106. The fourth-order valence-corrected chi connectivity index (χ4v) is 0.106. The van der Waals surface area contributed by atoms with Crippen LogP contribution in [-0.2, 0) is 9.59 Å². The maximum absolute atomic E-state index is 9.37. The number of carbonyl (C=O) groups is 2. The summed E-state index contributed by atoms with van der Waals surface area (Å²) in [5.74, 6) is -2.87. The molecule has 0 atom stereocenters. The van der Waals surface area contributed by atoms with Crippen LogP contribution in [0.5, 0.6) is 0 Å². The second-order valence-electron chi connectivity index (χ2n) is 0.821. The first-order valence-corrected chi connectivity index (χ1v) is 1.43. The van der Waals surface area contributed by atoms with E-state index in [1.54, 1.807) is 0 Å². The normalized spacial score (nSPS) is 5.60. The molecule has 0 spiro atoms. The molecule has 0 amide bonds. The van der Waals surface area contributed by atoms with Gasteiger partial charge in [-0.3, -0.25) is 9.59 Å². The predicted molar refractivity (Wildman–Crippen MR) is 41.0 cm³/mol. The Morgan fingerprint density at radius 3 is 1.10 bits per heavy atom. The Kier molecular flexibility index (Phi) is 30.7. The zero-order valence-corrected chi connectivity index (χ0v) is 3.29. The maximum atomic E-state index is 9.37. The van der Waals surface area contributed by atoms with Crippen LogP contribution in [0.3, 0.4) is 0 Å². The number of carboxylic acids is 2. The molecule has 0 rings (SSSR count). The molecule has 0 bridgehead atoms. The second kappa shape index (κ2) is 13.5. The summed E-state index contributed by atoms with van der Waals surface area (Å²) in [7, 11) is 0. The first-order valence-electron chi connectivity index (χ1n) is 1.43. The van der Waals surface area contributed by atoms with Crippen molar-refractivity contribution in [2.24, 2.45) is 0 Å². The van der Waals surface area contributed by atoms with Gasteiger partial charge in [-0.25, -0.2) is 0 Å². The molecule has 0 saturated heterocycles. The molecule has 0 aromatic carbocycles. The van der Waals surface area contributed by atoms with Gasteiger partial charge >= 0.3 is 101 Å². The fraction of sp³-hybridized carbons (Fsp3) is 0. The van der Waals surface area contributed by atoms with Gasteiger partial charge < -0.3 is 10.2 Å². The quantitative estimate of drug-likeness (QED) is 0.357. The number of hydrogen-bond donors (Lipinski definition) is 2. The van der Waals surface area contributed by atoms with E-state index in [2.05, 4.69) is 0 Å². The summed E-state index contributed by atoms with van der Waals surface area (Å²) in [5, 5.41) is 15.3. The minimum atomic E-state index is -1.44. The zero-order chi connectivity index (χ0) is 5.86. The minimum absolute atomic E-state index is 0. The van der Waals surface area contributed by atoms with E-state index in [-0.39, 0.29) is 95.1 Å². The average Bonchev–Trinajstić information content (AvgIpc) is 1.27. The topological polar surface area (TPSA) is 74.6 Å². The summed E-state index contributed by atoms with van der Waals surface area (Å²) in [6.45, 7) is 0. The van der Waals surface area contributed by atoms with Crippen molar-refractivity contribution >= 4 is 101 Å². The Labute approximate surface area is 125 Å². The molecular formula is C3H6Na3O4. The van der Waals surface area contributed by atoms with Crippen LogP contribution in [0, 0.1) is 6.42 Å². The van der Waals surface area contributed by atoms with E-state index in [1.807, 2.05) is 0 Å². The predicted octanol–water partition coefficient (Wildman–Crippen LogP) is -2.59. The molecule has 1 radical (unpaired) electrons. The Bertz CT molecular complexity index is 91.9. The van der Waals surface area contributed by atoms with Gasteiger partial charge in [0.15, 0.2) is 6.42 Å². The second-order valence-corrected chi connectivity index (χ2v) is 0.821. The van der Waals surface area contributed by atoms with Crippen molar-refractivity contribution in [2.45, 2.75) is 0 Å². The van der Waals surface area contributed by atoms with Crippen molar-refractivity contribution in [2.75, 3.05) is 0 Å². The van der Waals surface area contributed by atoms with E-state index in [1.165, 1.54) is 0 Å². The van der Waals surface area contributed by atoms with Crippen LogP contribution in [-0.4, -0.2) is 111 Å². The van der Waals surface area contributed by atoms with Gasteiger partial charge in [0.1, 0.15) is 0 Å². The van der Waals surface area contributed by atoms with Crippen LogP contribution < -0.4 is 0 Å². The van der Waals surface area contributed by atoms with Gasteiger partial charge in [0.25, 0.3) is 0 Å². The molecule has 0 aliphatic carbocycles. The Morgan fingerprint density at radius 1 is 0.900 bits per heavy atom. The van der Waals surface area contributed by atoms with Crippen LogP contribution >= 0.6 is 0 Å². The average molecular weight is 175 g/mol. The van der Waals surface area contributed by atoms with Gasteiger partial charge in [-0.1, -0.05) is 0 Å². The summed E-state index contributed by atoms with van der Waals surface area (Å²) in [6.07, 6.45) is 0.167. The molecule has 4 nitrogen and oxygen atoms in total. The van der Waals surface area contributed by atoms with Crippen LogP contribution in [0.1, 0.15) is 0 Å². The molecule has 0 saturated carbocycles. The van der Waals surface area contributed by atoms with Gasteiger partial charge in [0.2, 0.25) is 0 Å². The van der Waals surface area contributed by atoms with Crippen LogP contribution in [0.4, 0.5) is 0 Å². The van der Waals surface area contributed by atoms with E-state index in [0.717, 1.165) is 0 Å². The molecule has 45 valence electrons. The van der Waals surface area contributed by atoms with Crippen molar-refractivity contribution in [3.8, 4) is 0 Å². The summed E-state index contributed by atoms with van der Waals surface area (Å²) >= 11 is 0. The monoisotopic (exact) mass is 175 g/mol. The first-order chi connectivity index (χ1) is 3.13. The molecule has 0 heterocycles. The van der Waals surface area contributed by atoms with Gasteiger partial charge in [-0.2, -0.15) is 0 Å². The van der Waals surface area contributed by atoms with Crippen LogP contribution in [0.25, 0.3) is 0 Å². The van der Waals surface area contributed by atoms with Crippen molar-refractivity contribution in [3.05, 3.63) is 6.42 Å². The summed E-state index contributed by atoms with van der Waals surface area (Å²) in [4.78, 5) is 18.7.